The normalized spacial score (nSPS) is 23.3. The van der Waals surface area contributed by atoms with Crippen LogP contribution in [0.3, 0.4) is 0 Å². The highest BCUT2D eigenvalue weighted by molar-refractivity contribution is 5.87. The van der Waals surface area contributed by atoms with Crippen LogP contribution in [0.15, 0.2) is 48.5 Å². The van der Waals surface area contributed by atoms with E-state index < -0.39 is 24.0 Å². The highest BCUT2D eigenvalue weighted by Gasteiger charge is 2.46. The van der Waals surface area contributed by atoms with Crippen LogP contribution >= 0.6 is 0 Å². The van der Waals surface area contributed by atoms with Gasteiger partial charge in [-0.3, -0.25) is 9.59 Å². The predicted molar refractivity (Wildman–Crippen MR) is 131 cm³/mol. The van der Waals surface area contributed by atoms with Crippen LogP contribution in [0, 0.1) is 5.92 Å². The molecule has 7 nitrogen and oxygen atoms in total. The molecule has 2 aromatic rings. The molecule has 0 aromatic heterocycles. The molecule has 2 aliphatic heterocycles. The Bertz CT molecular complexity index is 1070. The molecule has 3 atom stereocenters. The van der Waals surface area contributed by atoms with Crippen LogP contribution in [-0.2, 0) is 14.3 Å². The Hall–Kier alpha value is -3.35. The summed E-state index contributed by atoms with van der Waals surface area (Å²) < 4.78 is 5.67. The summed E-state index contributed by atoms with van der Waals surface area (Å²) in [6.07, 6.45) is 3.28. The van der Waals surface area contributed by atoms with Crippen LogP contribution < -0.4 is 5.32 Å². The van der Waals surface area contributed by atoms with Crippen LogP contribution in [0.25, 0.3) is 11.1 Å². The molecule has 35 heavy (non-hydrogen) atoms. The van der Waals surface area contributed by atoms with Crippen molar-refractivity contribution in [3.63, 3.8) is 0 Å². The number of hydrogen-bond acceptors (Lipinski definition) is 4. The lowest BCUT2D eigenvalue weighted by molar-refractivity contribution is -0.149. The minimum absolute atomic E-state index is 0.0423. The number of hydrogen-bond donors (Lipinski definition) is 2. The molecule has 2 fully saturated rings. The van der Waals surface area contributed by atoms with Crippen molar-refractivity contribution in [2.75, 3.05) is 6.61 Å². The molecule has 1 aliphatic carbocycles. The van der Waals surface area contributed by atoms with Crippen molar-refractivity contribution in [2.24, 2.45) is 5.92 Å². The number of carboxylic acid groups (broad SMARTS) is 1. The SMILES string of the molecule is CCCC(NC(=O)OCC1c2ccccc2-c2ccccc21)C(=O)N1C2CCC1CC(C(=O)O)C2. The van der Waals surface area contributed by atoms with E-state index in [1.54, 1.807) is 0 Å². The Labute approximate surface area is 205 Å². The first-order valence-electron chi connectivity index (χ1n) is 12.6. The quantitative estimate of drug-likeness (QED) is 0.611. The van der Waals surface area contributed by atoms with Gasteiger partial charge in [-0.1, -0.05) is 61.9 Å². The van der Waals surface area contributed by atoms with E-state index in [0.29, 0.717) is 19.3 Å². The Morgan fingerprint density at radius 2 is 1.57 bits per heavy atom. The minimum Gasteiger partial charge on any atom is -0.481 e. The van der Waals surface area contributed by atoms with E-state index in [1.165, 1.54) is 0 Å². The number of nitrogens with one attached hydrogen (secondary N) is 1. The van der Waals surface area contributed by atoms with E-state index in [9.17, 15) is 19.5 Å². The molecule has 2 aromatic carbocycles. The number of alkyl carbamates (subject to hydrolysis) is 1. The molecule has 2 saturated heterocycles. The van der Waals surface area contributed by atoms with Gasteiger partial charge in [-0.15, -0.1) is 0 Å². The molecule has 2 N–H and O–H groups in total. The maximum Gasteiger partial charge on any atom is 0.407 e. The number of carbonyl (C=O) groups is 3. The first kappa shape index (κ1) is 23.4. The number of rotatable bonds is 7. The molecule has 184 valence electrons. The van der Waals surface area contributed by atoms with E-state index in [4.69, 9.17) is 4.74 Å². The Morgan fingerprint density at radius 1 is 1.00 bits per heavy atom. The molecular formula is C28H32N2O5. The number of piperidine rings is 1. The molecule has 0 saturated carbocycles. The van der Waals surface area contributed by atoms with Crippen LogP contribution in [0.5, 0.6) is 0 Å². The summed E-state index contributed by atoms with van der Waals surface area (Å²) in [4.78, 5) is 39.6. The first-order valence-corrected chi connectivity index (χ1v) is 12.6. The number of carbonyl (C=O) groups excluding carboxylic acids is 2. The number of ether oxygens (including phenoxy) is 1. The Morgan fingerprint density at radius 3 is 2.11 bits per heavy atom. The van der Waals surface area contributed by atoms with Crippen LogP contribution in [0.1, 0.15) is 62.5 Å². The molecule has 2 heterocycles. The second-order valence-corrected chi connectivity index (χ2v) is 9.95. The number of nitrogens with zero attached hydrogens (tertiary/aromatic N) is 1. The molecule has 3 aliphatic rings. The fourth-order valence-corrected chi connectivity index (χ4v) is 6.25. The van der Waals surface area contributed by atoms with Crippen molar-refractivity contribution in [3.05, 3.63) is 59.7 Å². The van der Waals surface area contributed by atoms with Crippen molar-refractivity contribution in [2.45, 2.75) is 69.5 Å². The Balaban J connectivity index is 1.24. The summed E-state index contributed by atoms with van der Waals surface area (Å²) in [5, 5.41) is 12.3. The average molecular weight is 477 g/mol. The fourth-order valence-electron chi connectivity index (χ4n) is 6.25. The van der Waals surface area contributed by atoms with Gasteiger partial charge < -0.3 is 20.1 Å². The van der Waals surface area contributed by atoms with Crippen molar-refractivity contribution in [1.82, 2.24) is 10.2 Å². The third kappa shape index (κ3) is 4.40. The number of amides is 2. The zero-order chi connectivity index (χ0) is 24.5. The van der Waals surface area contributed by atoms with Gasteiger partial charge in [-0.2, -0.15) is 0 Å². The van der Waals surface area contributed by atoms with Gasteiger partial charge in [-0.05, 0) is 54.4 Å². The highest BCUT2D eigenvalue weighted by Crippen LogP contribution is 2.44. The lowest BCUT2D eigenvalue weighted by Crippen LogP contribution is -2.55. The van der Waals surface area contributed by atoms with Gasteiger partial charge in [0.1, 0.15) is 12.6 Å². The van der Waals surface area contributed by atoms with Crippen molar-refractivity contribution in [3.8, 4) is 11.1 Å². The molecule has 0 radical (unpaired) electrons. The Kier molecular flexibility index (Phi) is 6.50. The molecule has 3 unspecified atom stereocenters. The van der Waals surface area contributed by atoms with Gasteiger partial charge >= 0.3 is 12.1 Å². The number of benzene rings is 2. The van der Waals surface area contributed by atoms with Crippen LogP contribution in [-0.4, -0.2) is 52.7 Å². The summed E-state index contributed by atoms with van der Waals surface area (Å²) in [5.74, 6) is -1.33. The predicted octanol–water partition coefficient (Wildman–Crippen LogP) is 4.55. The van der Waals surface area contributed by atoms with Crippen molar-refractivity contribution >= 4 is 18.0 Å². The fraction of sp³-hybridized carbons (Fsp3) is 0.464. The van der Waals surface area contributed by atoms with Gasteiger partial charge in [0, 0.05) is 18.0 Å². The first-order chi connectivity index (χ1) is 17.0. The summed E-state index contributed by atoms with van der Waals surface area (Å²) >= 11 is 0. The zero-order valence-electron chi connectivity index (χ0n) is 20.0. The topological polar surface area (TPSA) is 95.9 Å². The standard InChI is InChI=1S/C28H32N2O5/c1-2-7-25(26(31)30-18-12-13-19(30)15-17(14-18)27(32)33)29-28(34)35-16-24-22-10-5-3-8-20(22)21-9-4-6-11-23(21)24/h3-6,8-11,17-19,24-25H,2,7,12-16H2,1H3,(H,29,34)(H,32,33). The number of carboxylic acids is 1. The maximum absolute atomic E-state index is 13.5. The highest BCUT2D eigenvalue weighted by atomic mass is 16.5. The largest absolute Gasteiger partial charge is 0.481 e. The van der Waals surface area contributed by atoms with Gasteiger partial charge in [0.25, 0.3) is 0 Å². The molecular weight excluding hydrogens is 444 g/mol. The van der Waals surface area contributed by atoms with Gasteiger partial charge in [0.05, 0.1) is 5.92 Å². The molecule has 7 heteroatoms. The van der Waals surface area contributed by atoms with E-state index in [1.807, 2.05) is 36.1 Å². The van der Waals surface area contributed by atoms with E-state index in [2.05, 4.69) is 29.6 Å². The van der Waals surface area contributed by atoms with Gasteiger partial charge in [0.2, 0.25) is 5.91 Å². The van der Waals surface area contributed by atoms with Crippen molar-refractivity contribution < 1.29 is 24.2 Å². The molecule has 2 bridgehead atoms. The third-order valence-corrected chi connectivity index (χ3v) is 7.85. The van der Waals surface area contributed by atoms with E-state index >= 15 is 0 Å². The van der Waals surface area contributed by atoms with Crippen molar-refractivity contribution in [1.29, 1.82) is 0 Å². The van der Waals surface area contributed by atoms with Gasteiger partial charge in [-0.25, -0.2) is 4.79 Å². The summed E-state index contributed by atoms with van der Waals surface area (Å²) in [5.41, 5.74) is 4.61. The summed E-state index contributed by atoms with van der Waals surface area (Å²) in [6.45, 7) is 2.17. The molecule has 2 amide bonds. The van der Waals surface area contributed by atoms with Crippen LogP contribution in [0.2, 0.25) is 0 Å². The van der Waals surface area contributed by atoms with E-state index in [-0.39, 0.29) is 30.5 Å². The lowest BCUT2D eigenvalue weighted by Gasteiger charge is -2.39. The smallest absolute Gasteiger partial charge is 0.407 e. The number of fused-ring (bicyclic) bond motifs is 5. The summed E-state index contributed by atoms with van der Waals surface area (Å²) in [6, 6.07) is 15.5. The minimum atomic E-state index is -0.782. The molecule has 5 rings (SSSR count). The summed E-state index contributed by atoms with van der Waals surface area (Å²) in [7, 11) is 0. The maximum atomic E-state index is 13.5. The van der Waals surface area contributed by atoms with Gasteiger partial charge in [0.15, 0.2) is 0 Å². The third-order valence-electron chi connectivity index (χ3n) is 7.85. The molecule has 0 spiro atoms. The second-order valence-electron chi connectivity index (χ2n) is 9.95. The average Bonchev–Trinajstić information content (AvgIpc) is 3.32. The zero-order valence-corrected chi connectivity index (χ0v) is 20.0. The van der Waals surface area contributed by atoms with Crippen LogP contribution in [0.4, 0.5) is 4.79 Å². The second kappa shape index (κ2) is 9.72. The van der Waals surface area contributed by atoms with E-state index in [0.717, 1.165) is 41.5 Å². The number of aliphatic carboxylic acids is 1. The monoisotopic (exact) mass is 476 g/mol. The lowest BCUT2D eigenvalue weighted by atomic mass is 9.90.